The number of urea groups is 1. The lowest BCUT2D eigenvalue weighted by Gasteiger charge is -2.07. The van der Waals surface area contributed by atoms with Crippen LogP contribution in [0.5, 0.6) is 0 Å². The number of carbonyl (C=O) groups excluding carboxylic acids is 2. The predicted molar refractivity (Wildman–Crippen MR) is 70.7 cm³/mol. The lowest BCUT2D eigenvalue weighted by Crippen LogP contribution is -2.22. The Morgan fingerprint density at radius 1 is 1.24 bits per heavy atom. The molecule has 3 amide bonds. The number of carbonyl (C=O) groups is 2. The molecule has 1 aromatic carbocycles. The van der Waals surface area contributed by atoms with Crippen LogP contribution in [0.2, 0.25) is 0 Å². The average molecular weight is 295 g/mol. The molecule has 7 nitrogen and oxygen atoms in total. The van der Waals surface area contributed by atoms with Crippen molar-refractivity contribution in [3.8, 4) is 0 Å². The summed E-state index contributed by atoms with van der Waals surface area (Å²) in [5.74, 6) is -2.51. The number of hydrogen-bond donors (Lipinski definition) is 3. The number of primary amides is 1. The number of nitrogens with two attached hydrogens (primary N) is 1. The van der Waals surface area contributed by atoms with E-state index in [1.54, 1.807) is 0 Å². The van der Waals surface area contributed by atoms with Crippen LogP contribution in [0.25, 0.3) is 0 Å². The first-order chi connectivity index (χ1) is 9.86. The van der Waals surface area contributed by atoms with Crippen LogP contribution < -0.4 is 16.4 Å². The van der Waals surface area contributed by atoms with E-state index in [0.717, 1.165) is 12.1 Å². The minimum absolute atomic E-state index is 0.0741. The average Bonchev–Trinajstić information content (AvgIpc) is 2.74. The highest BCUT2D eigenvalue weighted by Gasteiger charge is 2.16. The van der Waals surface area contributed by atoms with Gasteiger partial charge in [0.05, 0.1) is 11.4 Å². The summed E-state index contributed by atoms with van der Waals surface area (Å²) in [4.78, 5) is 22.9. The molecule has 2 aromatic rings. The monoisotopic (exact) mass is 295 g/mol. The molecule has 21 heavy (non-hydrogen) atoms. The summed E-state index contributed by atoms with van der Waals surface area (Å²) < 4.78 is 27.4. The Hall–Kier alpha value is -2.97. The van der Waals surface area contributed by atoms with Gasteiger partial charge in [-0.05, 0) is 12.1 Å². The number of anilines is 2. The van der Waals surface area contributed by atoms with Gasteiger partial charge in [0.2, 0.25) is 0 Å². The zero-order chi connectivity index (χ0) is 15.6. The second kappa shape index (κ2) is 5.57. The quantitative estimate of drug-likeness (QED) is 0.798. The molecular formula is C12H11F2N5O2. The van der Waals surface area contributed by atoms with Gasteiger partial charge in [0.1, 0.15) is 11.6 Å². The number of aryl methyl sites for hydroxylation is 1. The highest BCUT2D eigenvalue weighted by molar-refractivity contribution is 6.05. The minimum atomic E-state index is -0.925. The lowest BCUT2D eigenvalue weighted by atomic mass is 10.3. The third-order valence-electron chi connectivity index (χ3n) is 2.49. The summed E-state index contributed by atoms with van der Waals surface area (Å²) in [7, 11) is 1.54. The first-order valence-electron chi connectivity index (χ1n) is 5.73. The second-order valence-electron chi connectivity index (χ2n) is 4.13. The molecule has 0 aliphatic rings. The molecule has 110 valence electrons. The largest absolute Gasteiger partial charge is 0.364 e. The Labute approximate surface area is 117 Å². The summed E-state index contributed by atoms with van der Waals surface area (Å²) in [5, 5.41) is 8.26. The molecule has 0 aliphatic heterocycles. The maximum atomic E-state index is 13.4. The first kappa shape index (κ1) is 14.4. The summed E-state index contributed by atoms with van der Waals surface area (Å²) in [6, 6.07) is 1.88. The molecule has 0 fully saturated rings. The van der Waals surface area contributed by atoms with E-state index in [4.69, 9.17) is 5.73 Å². The van der Waals surface area contributed by atoms with Crippen LogP contribution in [0.3, 0.4) is 0 Å². The van der Waals surface area contributed by atoms with Gasteiger partial charge < -0.3 is 16.4 Å². The fourth-order valence-electron chi connectivity index (χ4n) is 1.63. The molecule has 2 rings (SSSR count). The summed E-state index contributed by atoms with van der Waals surface area (Å²) in [5.41, 5.74) is 4.84. The van der Waals surface area contributed by atoms with Gasteiger partial charge in [-0.15, -0.1) is 0 Å². The summed E-state index contributed by atoms with van der Waals surface area (Å²) in [6.45, 7) is 0. The molecule has 4 N–H and O–H groups in total. The van der Waals surface area contributed by atoms with Gasteiger partial charge in [-0.25, -0.2) is 13.6 Å². The van der Waals surface area contributed by atoms with Crippen LogP contribution in [-0.4, -0.2) is 21.7 Å². The van der Waals surface area contributed by atoms with Crippen LogP contribution in [0.4, 0.5) is 25.0 Å². The number of rotatable bonds is 3. The molecule has 0 saturated carbocycles. The van der Waals surface area contributed by atoms with E-state index in [9.17, 15) is 18.4 Å². The van der Waals surface area contributed by atoms with Gasteiger partial charge >= 0.3 is 6.03 Å². The van der Waals surface area contributed by atoms with Crippen molar-refractivity contribution >= 4 is 23.3 Å². The second-order valence-corrected chi connectivity index (χ2v) is 4.13. The molecule has 0 atom stereocenters. The molecule has 9 heteroatoms. The molecule has 0 aliphatic carbocycles. The van der Waals surface area contributed by atoms with Crippen molar-refractivity contribution in [3.63, 3.8) is 0 Å². The van der Waals surface area contributed by atoms with E-state index in [2.05, 4.69) is 15.7 Å². The van der Waals surface area contributed by atoms with Crippen molar-refractivity contribution < 1.29 is 18.4 Å². The van der Waals surface area contributed by atoms with Crippen LogP contribution in [0.15, 0.2) is 24.4 Å². The van der Waals surface area contributed by atoms with E-state index in [1.807, 2.05) is 0 Å². The normalized spacial score (nSPS) is 10.2. The number of benzene rings is 1. The predicted octanol–water partition coefficient (Wildman–Crippen LogP) is 1.44. The maximum Gasteiger partial charge on any atom is 0.323 e. The van der Waals surface area contributed by atoms with Crippen LogP contribution in [0.1, 0.15) is 10.5 Å². The first-order valence-corrected chi connectivity index (χ1v) is 5.73. The van der Waals surface area contributed by atoms with Gasteiger partial charge in [0, 0.05) is 19.3 Å². The zero-order valence-electron chi connectivity index (χ0n) is 10.9. The number of aromatic nitrogens is 2. The van der Waals surface area contributed by atoms with Crippen molar-refractivity contribution in [2.24, 2.45) is 12.8 Å². The van der Waals surface area contributed by atoms with E-state index < -0.39 is 23.6 Å². The van der Waals surface area contributed by atoms with Crippen molar-refractivity contribution in [3.05, 3.63) is 41.7 Å². The molecule has 0 saturated heterocycles. The highest BCUT2D eigenvalue weighted by Crippen LogP contribution is 2.17. The van der Waals surface area contributed by atoms with Gasteiger partial charge in [-0.2, -0.15) is 5.10 Å². The summed E-state index contributed by atoms with van der Waals surface area (Å²) in [6.07, 6.45) is 1.36. The Balaban J connectivity index is 2.13. The topological polar surface area (TPSA) is 102 Å². The molecule has 1 aromatic heterocycles. The third-order valence-corrected chi connectivity index (χ3v) is 2.49. The Bertz CT molecular complexity index is 714. The number of nitrogens with zero attached hydrogens (tertiary/aromatic N) is 2. The van der Waals surface area contributed by atoms with E-state index in [-0.39, 0.29) is 17.1 Å². The van der Waals surface area contributed by atoms with Crippen LogP contribution in [-0.2, 0) is 7.05 Å². The van der Waals surface area contributed by atoms with Crippen molar-refractivity contribution in [2.75, 3.05) is 10.6 Å². The van der Waals surface area contributed by atoms with E-state index in [0.29, 0.717) is 6.07 Å². The van der Waals surface area contributed by atoms with Gasteiger partial charge in [0.15, 0.2) is 5.69 Å². The molecule has 0 spiro atoms. The number of hydrogen-bond acceptors (Lipinski definition) is 3. The highest BCUT2D eigenvalue weighted by atomic mass is 19.1. The van der Waals surface area contributed by atoms with E-state index in [1.165, 1.54) is 17.9 Å². The van der Waals surface area contributed by atoms with E-state index >= 15 is 0 Å². The number of nitrogens with one attached hydrogen (secondary N) is 2. The van der Waals surface area contributed by atoms with Crippen molar-refractivity contribution in [1.29, 1.82) is 0 Å². The van der Waals surface area contributed by atoms with Gasteiger partial charge in [0.25, 0.3) is 5.91 Å². The minimum Gasteiger partial charge on any atom is -0.364 e. The number of amides is 3. The lowest BCUT2D eigenvalue weighted by molar-refractivity contribution is 0.0995. The van der Waals surface area contributed by atoms with Crippen molar-refractivity contribution in [1.82, 2.24) is 9.78 Å². The zero-order valence-corrected chi connectivity index (χ0v) is 10.9. The van der Waals surface area contributed by atoms with Gasteiger partial charge in [-0.3, -0.25) is 9.48 Å². The fraction of sp³-hybridized carbons (Fsp3) is 0.0833. The van der Waals surface area contributed by atoms with Crippen LogP contribution in [0, 0.1) is 11.6 Å². The fourth-order valence-corrected chi connectivity index (χ4v) is 1.63. The molecular weight excluding hydrogens is 284 g/mol. The molecule has 1 heterocycles. The molecule has 0 unspecified atom stereocenters. The van der Waals surface area contributed by atoms with Gasteiger partial charge in [-0.1, -0.05) is 0 Å². The van der Waals surface area contributed by atoms with Crippen molar-refractivity contribution in [2.45, 2.75) is 0 Å². The standard InChI is InChI=1S/C12H11F2N5O2/c1-19-5-9(10(18-19)11(15)20)17-12(21)16-8-3-2-6(13)4-7(8)14/h2-5H,1H3,(H2,15,20)(H2,16,17,21). The molecule has 0 radical (unpaired) electrons. The smallest absolute Gasteiger partial charge is 0.323 e. The molecule has 0 bridgehead atoms. The SMILES string of the molecule is Cn1cc(NC(=O)Nc2ccc(F)cc2F)c(C(N)=O)n1. The number of halogens is 2. The Kier molecular flexibility index (Phi) is 3.83. The Morgan fingerprint density at radius 3 is 2.52 bits per heavy atom. The third kappa shape index (κ3) is 3.32. The maximum absolute atomic E-state index is 13.4. The van der Waals surface area contributed by atoms with Crippen LogP contribution >= 0.6 is 0 Å². The summed E-state index contributed by atoms with van der Waals surface area (Å²) >= 11 is 0. The Morgan fingerprint density at radius 2 is 1.90 bits per heavy atom.